The Bertz CT molecular complexity index is 199. The van der Waals surface area contributed by atoms with Crippen LogP contribution in [0, 0.1) is 0 Å². The summed E-state index contributed by atoms with van der Waals surface area (Å²) < 4.78 is 0.780. The molecule has 0 radical (unpaired) electrons. The van der Waals surface area contributed by atoms with Gasteiger partial charge in [-0.05, 0) is 19.6 Å². The highest BCUT2D eigenvalue weighted by Gasteiger charge is 2.06. The van der Waals surface area contributed by atoms with Gasteiger partial charge in [-0.2, -0.15) is 0 Å². The van der Waals surface area contributed by atoms with E-state index in [1.165, 1.54) is 11.8 Å². The second-order valence-electron chi connectivity index (χ2n) is 2.12. The van der Waals surface area contributed by atoms with Crippen LogP contribution < -0.4 is 5.32 Å². The maximum Gasteiger partial charge on any atom is 0.263 e. The van der Waals surface area contributed by atoms with Crippen LogP contribution in [0.25, 0.3) is 0 Å². The van der Waals surface area contributed by atoms with Crippen LogP contribution in [-0.2, 0) is 9.59 Å². The molecule has 0 atom stereocenters. The van der Waals surface area contributed by atoms with Crippen LogP contribution >= 0.6 is 19.3 Å². The quantitative estimate of drug-likeness (QED) is 0.515. The normalized spacial score (nSPS) is 9.45. The van der Waals surface area contributed by atoms with Gasteiger partial charge in [0, 0.05) is 0 Å². The molecule has 3 nitrogen and oxygen atoms in total. The van der Waals surface area contributed by atoms with Crippen molar-refractivity contribution in [1.29, 1.82) is 0 Å². The summed E-state index contributed by atoms with van der Waals surface area (Å²) in [4.78, 5) is 21.0. The highest BCUT2D eigenvalue weighted by atomic mass is 32.2. The van der Waals surface area contributed by atoms with Crippen LogP contribution in [0.2, 0.25) is 0 Å². The first-order valence-electron chi connectivity index (χ1n) is 3.09. The molecule has 0 aliphatic carbocycles. The van der Waals surface area contributed by atoms with Crippen LogP contribution in [0.3, 0.4) is 0 Å². The molecule has 0 rings (SSSR count). The largest absolute Gasteiger partial charge is 0.294 e. The minimum Gasteiger partial charge on any atom is -0.294 e. The third-order valence-corrected chi connectivity index (χ3v) is 4.62. The van der Waals surface area contributed by atoms with Gasteiger partial charge in [0.25, 0.3) is 5.91 Å². The second-order valence-corrected chi connectivity index (χ2v) is 5.80. The number of imide groups is 1. The Balaban J connectivity index is 4.40. The highest BCUT2D eigenvalue weighted by Crippen LogP contribution is 2.19. The molecule has 0 aliphatic heterocycles. The van der Waals surface area contributed by atoms with Crippen molar-refractivity contribution >= 4 is 36.2 Å². The summed E-state index contributed by atoms with van der Waals surface area (Å²) in [5.74, 6) is -0.244. The molecule has 0 saturated carbocycles. The molecule has 0 spiro atoms. The van der Waals surface area contributed by atoms with E-state index in [-0.39, 0.29) is 5.91 Å². The van der Waals surface area contributed by atoms with Crippen molar-refractivity contribution in [3.05, 3.63) is 0 Å². The predicted molar refractivity (Wildman–Crippen MR) is 52.9 cm³/mol. The van der Waals surface area contributed by atoms with E-state index in [4.69, 9.17) is 0 Å². The molecule has 0 saturated heterocycles. The number of rotatable bonds is 3. The van der Waals surface area contributed by atoms with Gasteiger partial charge in [0.15, 0.2) is 0 Å². The molecule has 5 heteroatoms. The van der Waals surface area contributed by atoms with Gasteiger partial charge in [0.2, 0.25) is 6.41 Å². The molecular formula is C6H12NO2PS. The predicted octanol–water partition coefficient (Wildman–Crippen LogP) is 0.226. The Kier molecular flexibility index (Phi) is 5.34. The topological polar surface area (TPSA) is 46.2 Å². The Morgan fingerprint density at radius 2 is 2.09 bits per heavy atom. The number of carbonyl (C=O) groups excluding carboxylic acids is 2. The van der Waals surface area contributed by atoms with E-state index in [2.05, 4.69) is 5.32 Å². The summed E-state index contributed by atoms with van der Waals surface area (Å²) in [6.07, 6.45) is 2.26. The molecule has 0 bridgehead atoms. The maximum absolute atomic E-state index is 11.0. The SMILES string of the molecule is CSC(C(=O)NC=O)=[PH](C)C. The van der Waals surface area contributed by atoms with Gasteiger partial charge in [0.1, 0.15) is 0 Å². The highest BCUT2D eigenvalue weighted by molar-refractivity contribution is 8.21. The summed E-state index contributed by atoms with van der Waals surface area (Å²) in [6, 6.07) is 0. The fourth-order valence-corrected chi connectivity index (χ4v) is 3.05. The van der Waals surface area contributed by atoms with Crippen molar-refractivity contribution in [2.24, 2.45) is 0 Å². The summed E-state index contributed by atoms with van der Waals surface area (Å²) in [6.45, 7) is 4.03. The Labute approximate surface area is 71.3 Å². The zero-order valence-electron chi connectivity index (χ0n) is 6.80. The lowest BCUT2D eigenvalue weighted by Gasteiger charge is -2.03. The van der Waals surface area contributed by atoms with Gasteiger partial charge in [-0.15, -0.1) is 19.3 Å². The minimum absolute atomic E-state index is 0.244. The van der Waals surface area contributed by atoms with Crippen molar-refractivity contribution in [2.45, 2.75) is 0 Å². The van der Waals surface area contributed by atoms with Gasteiger partial charge in [-0.3, -0.25) is 14.9 Å². The molecule has 11 heavy (non-hydrogen) atoms. The molecule has 0 fully saturated rings. The average Bonchev–Trinajstić information content (AvgIpc) is 1.88. The van der Waals surface area contributed by atoms with Gasteiger partial charge in [-0.25, -0.2) is 0 Å². The summed E-state index contributed by atoms with van der Waals surface area (Å²) in [7, 11) is -0.736. The van der Waals surface area contributed by atoms with E-state index in [0.29, 0.717) is 6.41 Å². The molecule has 0 aliphatic rings. The lowest BCUT2D eigenvalue weighted by atomic mass is 10.7. The Morgan fingerprint density at radius 1 is 1.55 bits per heavy atom. The summed E-state index contributed by atoms with van der Waals surface area (Å²) >= 11 is 1.42. The van der Waals surface area contributed by atoms with E-state index < -0.39 is 7.55 Å². The first-order chi connectivity index (χ1) is 5.13. The van der Waals surface area contributed by atoms with E-state index in [9.17, 15) is 9.59 Å². The lowest BCUT2D eigenvalue weighted by Crippen LogP contribution is -2.27. The molecule has 0 aromatic carbocycles. The summed E-state index contributed by atoms with van der Waals surface area (Å²) in [5.41, 5.74) is 0. The third-order valence-electron chi connectivity index (χ3n) is 1.05. The maximum atomic E-state index is 11.0. The van der Waals surface area contributed by atoms with Gasteiger partial charge < -0.3 is 0 Å². The van der Waals surface area contributed by atoms with E-state index in [1.54, 1.807) is 0 Å². The van der Waals surface area contributed by atoms with E-state index in [0.717, 1.165) is 4.63 Å². The van der Waals surface area contributed by atoms with Crippen LogP contribution in [0.5, 0.6) is 0 Å². The minimum atomic E-state index is -0.736. The standard InChI is InChI=1S/C6H12NO2PS/c1-10(2)6(11-3)5(9)7-4-8/h4,10H,1-3H3,(H,7,8,9). The van der Waals surface area contributed by atoms with Crippen molar-refractivity contribution in [1.82, 2.24) is 5.32 Å². The molecule has 0 aromatic rings. The van der Waals surface area contributed by atoms with Crippen LogP contribution in [0.15, 0.2) is 0 Å². The molecule has 1 N–H and O–H groups in total. The Morgan fingerprint density at radius 3 is 2.36 bits per heavy atom. The Hall–Kier alpha value is -0.210. The van der Waals surface area contributed by atoms with Crippen LogP contribution in [0.4, 0.5) is 0 Å². The zero-order chi connectivity index (χ0) is 8.85. The molecule has 64 valence electrons. The number of hydrogen-bond donors (Lipinski definition) is 1. The number of nitrogens with one attached hydrogen (secondary N) is 1. The number of amides is 2. The average molecular weight is 193 g/mol. The van der Waals surface area contributed by atoms with Crippen molar-refractivity contribution in [3.63, 3.8) is 0 Å². The number of hydrogen-bond acceptors (Lipinski definition) is 3. The van der Waals surface area contributed by atoms with Crippen molar-refractivity contribution in [2.75, 3.05) is 19.6 Å². The lowest BCUT2D eigenvalue weighted by molar-refractivity contribution is -0.120. The monoisotopic (exact) mass is 193 g/mol. The zero-order valence-corrected chi connectivity index (χ0v) is 8.62. The molecule has 2 amide bonds. The van der Waals surface area contributed by atoms with Gasteiger partial charge in [-0.1, -0.05) is 0 Å². The first-order valence-corrected chi connectivity index (χ1v) is 6.82. The second kappa shape index (κ2) is 5.44. The van der Waals surface area contributed by atoms with Crippen molar-refractivity contribution < 1.29 is 9.59 Å². The fourth-order valence-electron chi connectivity index (χ4n) is 0.643. The number of thioether (sulfide) groups is 1. The molecule has 0 aromatic heterocycles. The number of carbonyl (C=O) groups is 2. The fraction of sp³-hybridized carbons (Fsp3) is 0.500. The molecule has 0 unspecified atom stereocenters. The van der Waals surface area contributed by atoms with Crippen LogP contribution in [0.1, 0.15) is 0 Å². The van der Waals surface area contributed by atoms with Crippen molar-refractivity contribution in [3.8, 4) is 0 Å². The van der Waals surface area contributed by atoms with E-state index in [1.807, 2.05) is 19.6 Å². The smallest absolute Gasteiger partial charge is 0.263 e. The van der Waals surface area contributed by atoms with E-state index >= 15 is 0 Å². The first kappa shape index (κ1) is 10.8. The van der Waals surface area contributed by atoms with Crippen LogP contribution in [-0.4, -0.2) is 36.5 Å². The third kappa shape index (κ3) is 3.63. The van der Waals surface area contributed by atoms with Gasteiger partial charge in [0.05, 0.1) is 4.63 Å². The molecular weight excluding hydrogens is 181 g/mol. The molecule has 0 heterocycles. The van der Waals surface area contributed by atoms with Gasteiger partial charge >= 0.3 is 0 Å². The summed E-state index contributed by atoms with van der Waals surface area (Å²) in [5, 5.41) is 2.13.